The summed E-state index contributed by atoms with van der Waals surface area (Å²) in [5, 5.41) is 15.5. The molecule has 0 radical (unpaired) electrons. The maximum atomic E-state index is 12.7. The van der Waals surface area contributed by atoms with Gasteiger partial charge in [0, 0.05) is 70.6 Å². The first-order valence-electron chi connectivity index (χ1n) is 20.5. The first kappa shape index (κ1) is 40.8. The Hall–Kier alpha value is -5.36. The highest BCUT2D eigenvalue weighted by Gasteiger charge is 2.34. The van der Waals surface area contributed by atoms with Gasteiger partial charge in [0.1, 0.15) is 0 Å². The van der Waals surface area contributed by atoms with Crippen LogP contribution in [0.1, 0.15) is 72.3 Å². The van der Waals surface area contributed by atoms with E-state index in [9.17, 15) is 14.7 Å². The van der Waals surface area contributed by atoms with Crippen molar-refractivity contribution in [3.63, 3.8) is 0 Å². The summed E-state index contributed by atoms with van der Waals surface area (Å²) in [4.78, 5) is 30.1. The molecule has 0 saturated carbocycles. The van der Waals surface area contributed by atoms with Crippen LogP contribution in [0.15, 0.2) is 127 Å². The molecule has 0 aliphatic carbocycles. The number of hydrogen-bond acceptors (Lipinski definition) is 8. The summed E-state index contributed by atoms with van der Waals surface area (Å²) in [6.07, 6.45) is 1.91. The largest absolute Gasteiger partial charge is 0.397 e. The molecule has 58 heavy (non-hydrogen) atoms. The van der Waals surface area contributed by atoms with Crippen molar-refractivity contribution in [2.24, 2.45) is 0 Å². The van der Waals surface area contributed by atoms with Gasteiger partial charge >= 0.3 is 0 Å². The number of nitrogen functional groups attached to an aromatic ring is 1. The SMILES string of the molecule is Nc1ccccc1NC(=O)CCCCC(=O)NCc1cccc(-c2cccc([C@@H]3O[C@H](CN4CCN(Cc5ccccc5)CC4)C[C@H](c4ccc(CO)cc4)O3)c2)c1. The smallest absolute Gasteiger partial charge is 0.224 e. The standard InChI is InChI=1S/C48H55N5O5/c49-43-16-4-5-17-44(43)51-47(56)19-7-6-18-46(55)50-31-37-12-8-13-39(28-37)40-14-9-15-41(29-40)48-57-42(30-45(58-48)38-22-20-36(34-54)21-23-38)33-53-26-24-52(25-27-53)32-35-10-2-1-3-11-35/h1-5,8-17,20-23,28-29,42,45,48,54H,6-7,18-19,24-27,30-34,49H2,(H,50,55)(H,51,56)/t42-,45+,48+/m0/s1. The Bertz CT molecular complexity index is 2090. The molecule has 2 fully saturated rings. The predicted molar refractivity (Wildman–Crippen MR) is 228 cm³/mol. The van der Waals surface area contributed by atoms with Crippen LogP contribution in [0, 0.1) is 0 Å². The first-order valence-corrected chi connectivity index (χ1v) is 20.5. The number of nitrogens with one attached hydrogen (secondary N) is 2. The molecule has 5 aromatic rings. The summed E-state index contributed by atoms with van der Waals surface area (Å²) in [5.74, 6) is -0.158. The Morgan fingerprint density at radius 2 is 1.34 bits per heavy atom. The molecule has 3 atom stereocenters. The summed E-state index contributed by atoms with van der Waals surface area (Å²) in [5.41, 5.74) is 14.4. The van der Waals surface area contributed by atoms with Crippen molar-refractivity contribution in [2.75, 3.05) is 43.8 Å². The lowest BCUT2D eigenvalue weighted by Crippen LogP contribution is -2.49. The number of unbranched alkanes of at least 4 members (excludes halogenated alkanes) is 1. The van der Waals surface area contributed by atoms with Crippen LogP contribution in [0.4, 0.5) is 11.4 Å². The van der Waals surface area contributed by atoms with Gasteiger partial charge in [-0.1, -0.05) is 103 Å². The average Bonchev–Trinajstić information content (AvgIpc) is 3.26. The maximum Gasteiger partial charge on any atom is 0.224 e. The Morgan fingerprint density at radius 3 is 2.10 bits per heavy atom. The molecule has 2 aliphatic rings. The molecule has 2 amide bonds. The first-order chi connectivity index (χ1) is 28.4. The Labute approximate surface area is 342 Å². The molecular formula is C48H55N5O5. The summed E-state index contributed by atoms with van der Waals surface area (Å²) in [7, 11) is 0. The lowest BCUT2D eigenvalue weighted by Gasteiger charge is -2.41. The Balaban J connectivity index is 0.943. The lowest BCUT2D eigenvalue weighted by atomic mass is 9.98. The topological polar surface area (TPSA) is 129 Å². The molecule has 10 heteroatoms. The molecule has 10 nitrogen and oxygen atoms in total. The molecule has 2 saturated heterocycles. The van der Waals surface area contributed by atoms with Crippen LogP contribution in [0.3, 0.4) is 0 Å². The Kier molecular flexibility index (Phi) is 14.3. The zero-order valence-electron chi connectivity index (χ0n) is 33.1. The van der Waals surface area contributed by atoms with Crippen molar-refractivity contribution < 1.29 is 24.2 Å². The molecule has 0 bridgehead atoms. The normalized spacial score (nSPS) is 18.7. The molecule has 302 valence electrons. The molecule has 2 heterocycles. The van der Waals surface area contributed by atoms with E-state index in [1.165, 1.54) is 5.56 Å². The van der Waals surface area contributed by atoms with Crippen molar-refractivity contribution in [3.05, 3.63) is 155 Å². The number of nitrogens with two attached hydrogens (primary N) is 1. The molecule has 5 aromatic carbocycles. The minimum atomic E-state index is -0.550. The highest BCUT2D eigenvalue weighted by atomic mass is 16.7. The highest BCUT2D eigenvalue weighted by Crippen LogP contribution is 2.39. The van der Waals surface area contributed by atoms with Crippen molar-refractivity contribution in [3.8, 4) is 11.1 Å². The average molecular weight is 782 g/mol. The molecular weight excluding hydrogens is 727 g/mol. The van der Waals surface area contributed by atoms with Crippen LogP contribution in [0.25, 0.3) is 11.1 Å². The van der Waals surface area contributed by atoms with Crippen LogP contribution in [-0.4, -0.2) is 65.5 Å². The number of rotatable bonds is 16. The number of ether oxygens (including phenoxy) is 2. The van der Waals surface area contributed by atoms with E-state index in [2.05, 4.69) is 93.2 Å². The predicted octanol–water partition coefficient (Wildman–Crippen LogP) is 7.61. The second kappa shape index (κ2) is 20.4. The van der Waals surface area contributed by atoms with Gasteiger partial charge in [-0.3, -0.25) is 19.4 Å². The molecule has 0 unspecified atom stereocenters. The zero-order chi connectivity index (χ0) is 40.1. The van der Waals surface area contributed by atoms with Gasteiger partial charge in [0.25, 0.3) is 0 Å². The van der Waals surface area contributed by atoms with Gasteiger partial charge in [0.2, 0.25) is 11.8 Å². The van der Waals surface area contributed by atoms with Gasteiger partial charge in [-0.05, 0) is 70.5 Å². The number of para-hydroxylation sites is 2. The molecule has 5 N–H and O–H groups in total. The summed E-state index contributed by atoms with van der Waals surface area (Å²) in [6, 6.07) is 42.4. The van der Waals surface area contributed by atoms with Crippen LogP contribution < -0.4 is 16.4 Å². The van der Waals surface area contributed by atoms with Gasteiger partial charge in [-0.25, -0.2) is 0 Å². The van der Waals surface area contributed by atoms with Crippen molar-refractivity contribution in [2.45, 2.75) is 70.3 Å². The van der Waals surface area contributed by atoms with Crippen molar-refractivity contribution in [1.29, 1.82) is 0 Å². The molecule has 0 aromatic heterocycles. The third-order valence-electron chi connectivity index (χ3n) is 11.0. The number of amides is 2. The summed E-state index contributed by atoms with van der Waals surface area (Å²) in [6.45, 7) is 6.24. The van der Waals surface area contributed by atoms with E-state index >= 15 is 0 Å². The summed E-state index contributed by atoms with van der Waals surface area (Å²) >= 11 is 0. The van der Waals surface area contributed by atoms with E-state index in [-0.39, 0.29) is 30.6 Å². The van der Waals surface area contributed by atoms with Crippen LogP contribution >= 0.6 is 0 Å². The monoisotopic (exact) mass is 781 g/mol. The van der Waals surface area contributed by atoms with E-state index in [1.54, 1.807) is 12.1 Å². The third-order valence-corrected chi connectivity index (χ3v) is 11.0. The molecule has 7 rings (SSSR count). The highest BCUT2D eigenvalue weighted by molar-refractivity contribution is 5.93. The fourth-order valence-corrected chi connectivity index (χ4v) is 7.70. The second-order valence-corrected chi connectivity index (χ2v) is 15.4. The zero-order valence-corrected chi connectivity index (χ0v) is 33.1. The quantitative estimate of drug-likeness (QED) is 0.0595. The fraction of sp³-hybridized carbons (Fsp3) is 0.333. The van der Waals surface area contributed by atoms with E-state index in [0.717, 1.165) is 79.1 Å². The van der Waals surface area contributed by atoms with E-state index < -0.39 is 6.29 Å². The number of benzene rings is 5. The van der Waals surface area contributed by atoms with Crippen LogP contribution in [0.2, 0.25) is 0 Å². The fourth-order valence-electron chi connectivity index (χ4n) is 7.70. The number of nitrogens with zero attached hydrogens (tertiary/aromatic N) is 2. The minimum absolute atomic E-state index is 0.00473. The van der Waals surface area contributed by atoms with E-state index in [1.807, 2.05) is 42.5 Å². The van der Waals surface area contributed by atoms with Crippen molar-refractivity contribution >= 4 is 23.2 Å². The van der Waals surface area contributed by atoms with Crippen LogP contribution in [-0.2, 0) is 38.8 Å². The second-order valence-electron chi connectivity index (χ2n) is 15.4. The lowest BCUT2D eigenvalue weighted by molar-refractivity contribution is -0.253. The maximum absolute atomic E-state index is 12.7. The van der Waals surface area contributed by atoms with Gasteiger partial charge in [-0.2, -0.15) is 0 Å². The van der Waals surface area contributed by atoms with E-state index in [4.69, 9.17) is 15.2 Å². The molecule has 2 aliphatic heterocycles. The molecule has 0 spiro atoms. The number of aliphatic hydroxyl groups is 1. The number of hydrogen-bond donors (Lipinski definition) is 4. The van der Waals surface area contributed by atoms with Crippen molar-refractivity contribution in [1.82, 2.24) is 15.1 Å². The minimum Gasteiger partial charge on any atom is -0.397 e. The third kappa shape index (κ3) is 11.6. The Morgan fingerprint density at radius 1 is 0.672 bits per heavy atom. The summed E-state index contributed by atoms with van der Waals surface area (Å²) < 4.78 is 13.5. The number of carbonyl (C=O) groups excluding carboxylic acids is 2. The number of piperazine rings is 1. The van der Waals surface area contributed by atoms with Gasteiger partial charge in [0.05, 0.1) is 30.2 Å². The van der Waals surface area contributed by atoms with Crippen LogP contribution in [0.5, 0.6) is 0 Å². The van der Waals surface area contributed by atoms with E-state index in [0.29, 0.717) is 43.6 Å². The van der Waals surface area contributed by atoms with Gasteiger partial charge in [-0.15, -0.1) is 0 Å². The number of carbonyl (C=O) groups is 2. The number of aliphatic hydroxyl groups excluding tert-OH is 1. The van der Waals surface area contributed by atoms with Gasteiger partial charge < -0.3 is 30.9 Å². The number of anilines is 2. The van der Waals surface area contributed by atoms with Gasteiger partial charge in [0.15, 0.2) is 6.29 Å².